The average molecular weight is 537 g/mol. The molecule has 6 nitrogen and oxygen atoms in total. The number of piperazine rings is 1. The summed E-state index contributed by atoms with van der Waals surface area (Å²) in [7, 11) is 0. The van der Waals surface area contributed by atoms with Gasteiger partial charge in [-0.05, 0) is 87.3 Å². The topological polar surface area (TPSA) is 68.7 Å². The smallest absolute Gasteiger partial charge is 0.254 e. The Bertz CT molecular complexity index is 1300. The highest BCUT2D eigenvalue weighted by molar-refractivity contribution is 5.95. The molecule has 4 saturated heterocycles. The number of amides is 1. The molecule has 3 aromatic rings. The predicted molar refractivity (Wildman–Crippen MR) is 156 cm³/mol. The van der Waals surface area contributed by atoms with E-state index in [0.29, 0.717) is 18.1 Å². The Kier molecular flexibility index (Phi) is 6.94. The Balaban J connectivity index is 1.00. The van der Waals surface area contributed by atoms with E-state index in [4.69, 9.17) is 0 Å². The first-order valence-electron chi connectivity index (χ1n) is 15.2. The van der Waals surface area contributed by atoms with E-state index in [-0.39, 0.29) is 30.1 Å². The Morgan fingerprint density at radius 1 is 0.875 bits per heavy atom. The molecule has 0 saturated carbocycles. The van der Waals surface area contributed by atoms with Crippen LogP contribution in [0.2, 0.25) is 0 Å². The lowest BCUT2D eigenvalue weighted by Gasteiger charge is -2.49. The van der Waals surface area contributed by atoms with Crippen LogP contribution in [0.15, 0.2) is 79.0 Å². The fourth-order valence-electron chi connectivity index (χ4n) is 8.30. The molecule has 4 bridgehead atoms. The molecule has 6 heteroatoms. The van der Waals surface area contributed by atoms with Gasteiger partial charge in [-0.2, -0.15) is 0 Å². The number of benzene rings is 2. The fraction of sp³-hybridized carbons (Fsp3) is 0.471. The standard InChI is InChI=1S/C34H40N4O2/c1-22(27-9-5-6-20-35-27)37-29-16-17-30(37)32-19-18-31(29)38(32)34(40)25-12-10-23(11-13-25)21-26-14-15-28(36-26)33(39)24-7-3-2-4-8-24/h2-13,20,22,26,28-33,36,39H,14-19,21H2,1H3/t22-,26+,28-,29?,30?,31?,32?,33-/m1/s1. The number of nitrogens with one attached hydrogen (secondary N) is 1. The monoisotopic (exact) mass is 536 g/mol. The molecule has 4 aliphatic heterocycles. The molecule has 40 heavy (non-hydrogen) atoms. The van der Waals surface area contributed by atoms with Crippen LogP contribution in [-0.2, 0) is 6.42 Å². The van der Waals surface area contributed by atoms with Crippen molar-refractivity contribution in [1.29, 1.82) is 0 Å². The molecule has 8 atom stereocenters. The van der Waals surface area contributed by atoms with Gasteiger partial charge in [0.1, 0.15) is 0 Å². The first-order chi connectivity index (χ1) is 19.6. The van der Waals surface area contributed by atoms with E-state index < -0.39 is 6.10 Å². The summed E-state index contributed by atoms with van der Waals surface area (Å²) in [6, 6.07) is 26.6. The molecule has 208 valence electrons. The van der Waals surface area contributed by atoms with Crippen molar-refractivity contribution in [3.05, 3.63) is 101 Å². The number of pyridine rings is 1. The third kappa shape index (κ3) is 4.56. The van der Waals surface area contributed by atoms with Crippen LogP contribution in [0.4, 0.5) is 0 Å². The highest BCUT2D eigenvalue weighted by atomic mass is 16.3. The molecule has 7 rings (SSSR count). The van der Waals surface area contributed by atoms with Gasteiger partial charge in [-0.1, -0.05) is 48.5 Å². The molecule has 5 heterocycles. The molecular formula is C34H40N4O2. The van der Waals surface area contributed by atoms with E-state index in [1.54, 1.807) is 0 Å². The molecule has 4 aliphatic rings. The van der Waals surface area contributed by atoms with Crippen molar-refractivity contribution in [2.75, 3.05) is 0 Å². The van der Waals surface area contributed by atoms with Crippen molar-refractivity contribution in [3.63, 3.8) is 0 Å². The largest absolute Gasteiger partial charge is 0.387 e. The van der Waals surface area contributed by atoms with Gasteiger partial charge < -0.3 is 15.3 Å². The zero-order valence-electron chi connectivity index (χ0n) is 23.3. The molecule has 2 aromatic carbocycles. The minimum absolute atomic E-state index is 0.0816. The summed E-state index contributed by atoms with van der Waals surface area (Å²) in [6.45, 7) is 2.28. The molecule has 4 fully saturated rings. The van der Waals surface area contributed by atoms with Crippen LogP contribution in [0, 0.1) is 0 Å². The number of carbonyl (C=O) groups excluding carboxylic acids is 1. The highest BCUT2D eigenvalue weighted by Gasteiger charge is 2.57. The summed E-state index contributed by atoms with van der Waals surface area (Å²) in [6.07, 6.45) is 8.86. The van der Waals surface area contributed by atoms with Gasteiger partial charge >= 0.3 is 0 Å². The van der Waals surface area contributed by atoms with Crippen molar-refractivity contribution in [1.82, 2.24) is 20.1 Å². The van der Waals surface area contributed by atoms with Crippen molar-refractivity contribution < 1.29 is 9.90 Å². The molecule has 0 spiro atoms. The zero-order valence-corrected chi connectivity index (χ0v) is 23.3. The van der Waals surface area contributed by atoms with E-state index in [0.717, 1.165) is 48.9 Å². The number of fused-ring (bicyclic) bond motifs is 6. The number of rotatable bonds is 7. The van der Waals surface area contributed by atoms with E-state index in [1.165, 1.54) is 18.4 Å². The van der Waals surface area contributed by atoms with Gasteiger partial charge in [0.2, 0.25) is 0 Å². The van der Waals surface area contributed by atoms with Gasteiger partial charge in [0.05, 0.1) is 11.8 Å². The van der Waals surface area contributed by atoms with Crippen LogP contribution >= 0.6 is 0 Å². The molecule has 2 N–H and O–H groups in total. The Hall–Kier alpha value is -3.06. The lowest BCUT2D eigenvalue weighted by molar-refractivity contribution is -0.00790. The maximum Gasteiger partial charge on any atom is 0.254 e. The number of nitrogens with zero attached hydrogens (tertiary/aromatic N) is 3. The van der Waals surface area contributed by atoms with Gasteiger partial charge in [0.25, 0.3) is 5.91 Å². The second-order valence-corrected chi connectivity index (χ2v) is 12.3. The van der Waals surface area contributed by atoms with Crippen LogP contribution in [0.5, 0.6) is 0 Å². The zero-order chi connectivity index (χ0) is 27.2. The molecule has 1 aromatic heterocycles. The van der Waals surface area contributed by atoms with Crippen LogP contribution in [0.1, 0.15) is 84.8 Å². The van der Waals surface area contributed by atoms with Crippen LogP contribution in [0.25, 0.3) is 0 Å². The summed E-state index contributed by atoms with van der Waals surface area (Å²) in [5, 5.41) is 14.5. The van der Waals surface area contributed by atoms with Crippen molar-refractivity contribution in [3.8, 4) is 0 Å². The average Bonchev–Trinajstić information content (AvgIpc) is 3.71. The Morgan fingerprint density at radius 2 is 1.55 bits per heavy atom. The van der Waals surface area contributed by atoms with Gasteiger partial charge in [0.15, 0.2) is 0 Å². The lowest BCUT2D eigenvalue weighted by atomic mass is 9.98. The number of aliphatic hydroxyl groups is 1. The third-order valence-electron chi connectivity index (χ3n) is 10.2. The van der Waals surface area contributed by atoms with Crippen LogP contribution in [-0.4, -0.2) is 62.0 Å². The van der Waals surface area contributed by atoms with Crippen molar-refractivity contribution in [2.24, 2.45) is 0 Å². The summed E-state index contributed by atoms with van der Waals surface area (Å²) in [5.41, 5.74) is 4.15. The van der Waals surface area contributed by atoms with Gasteiger partial charge in [0, 0.05) is 54.1 Å². The minimum atomic E-state index is -0.482. The van der Waals surface area contributed by atoms with Gasteiger partial charge in [-0.3, -0.25) is 14.7 Å². The van der Waals surface area contributed by atoms with Gasteiger partial charge in [-0.15, -0.1) is 0 Å². The molecule has 0 aliphatic carbocycles. The second kappa shape index (κ2) is 10.7. The summed E-state index contributed by atoms with van der Waals surface area (Å²) in [4.78, 5) is 23.5. The van der Waals surface area contributed by atoms with E-state index in [9.17, 15) is 9.90 Å². The number of hydrogen-bond donors (Lipinski definition) is 2. The molecular weight excluding hydrogens is 496 g/mol. The van der Waals surface area contributed by atoms with Crippen LogP contribution in [0.3, 0.4) is 0 Å². The first kappa shape index (κ1) is 25.9. The third-order valence-corrected chi connectivity index (χ3v) is 10.2. The number of hydrogen-bond acceptors (Lipinski definition) is 5. The molecule has 1 amide bonds. The van der Waals surface area contributed by atoms with E-state index in [1.807, 2.05) is 54.7 Å². The number of carbonyl (C=O) groups is 1. The van der Waals surface area contributed by atoms with Crippen molar-refractivity contribution >= 4 is 5.91 Å². The predicted octanol–water partition coefficient (Wildman–Crippen LogP) is 5.06. The summed E-state index contributed by atoms with van der Waals surface area (Å²) >= 11 is 0. The molecule has 0 radical (unpaired) electrons. The first-order valence-corrected chi connectivity index (χ1v) is 15.2. The van der Waals surface area contributed by atoms with Gasteiger partial charge in [-0.25, -0.2) is 0 Å². The SMILES string of the molecule is C[C@H](c1ccccn1)N1C2CCC1C1CCC2N1C(=O)c1ccc(C[C@@H]2CC[C@H]([C@H](O)c3ccccc3)N2)cc1. The van der Waals surface area contributed by atoms with Crippen LogP contribution < -0.4 is 5.32 Å². The number of aromatic nitrogens is 1. The highest BCUT2D eigenvalue weighted by Crippen LogP contribution is 2.49. The van der Waals surface area contributed by atoms with E-state index >= 15 is 0 Å². The quantitative estimate of drug-likeness (QED) is 0.442. The summed E-state index contributed by atoms with van der Waals surface area (Å²) in [5.74, 6) is 0.200. The number of aliphatic hydroxyl groups excluding tert-OH is 1. The lowest BCUT2D eigenvalue weighted by Crippen LogP contribution is -2.62. The molecule has 4 unspecified atom stereocenters. The van der Waals surface area contributed by atoms with Crippen molar-refractivity contribution in [2.45, 2.75) is 100 Å². The Labute approximate surface area is 237 Å². The maximum absolute atomic E-state index is 13.9. The Morgan fingerprint density at radius 3 is 2.23 bits per heavy atom. The minimum Gasteiger partial charge on any atom is -0.387 e. The maximum atomic E-state index is 13.9. The fourth-order valence-corrected chi connectivity index (χ4v) is 8.30. The van der Waals surface area contributed by atoms with E-state index in [2.05, 4.69) is 51.3 Å². The normalized spacial score (nSPS) is 30.9. The summed E-state index contributed by atoms with van der Waals surface area (Å²) < 4.78 is 0. The second-order valence-electron chi connectivity index (χ2n) is 12.3.